The van der Waals surface area contributed by atoms with Crippen LogP contribution in [-0.4, -0.2) is 35.1 Å². The Labute approximate surface area is 141 Å². The largest absolute Gasteiger partial charge is 0.490 e. The average molecular weight is 327 g/mol. The minimum absolute atomic E-state index is 0.145. The van der Waals surface area contributed by atoms with E-state index in [4.69, 9.17) is 9.15 Å². The van der Waals surface area contributed by atoms with Gasteiger partial charge in [-0.25, -0.2) is 4.79 Å². The van der Waals surface area contributed by atoms with Gasteiger partial charge in [0.1, 0.15) is 17.4 Å². The Kier molecular flexibility index (Phi) is 3.89. The second-order valence-corrected chi connectivity index (χ2v) is 7.09. The van der Waals surface area contributed by atoms with Gasteiger partial charge < -0.3 is 19.0 Å². The molecule has 2 aliphatic heterocycles. The molecule has 24 heavy (non-hydrogen) atoms. The summed E-state index contributed by atoms with van der Waals surface area (Å²) in [4.78, 5) is 13.9. The van der Waals surface area contributed by atoms with Crippen LogP contribution in [0.15, 0.2) is 33.5 Å². The molecule has 1 aromatic carbocycles. The van der Waals surface area contributed by atoms with Gasteiger partial charge in [0, 0.05) is 29.1 Å². The number of nitrogens with zero attached hydrogens (tertiary/aromatic N) is 1. The lowest BCUT2D eigenvalue weighted by Gasteiger charge is -2.39. The van der Waals surface area contributed by atoms with Gasteiger partial charge in [-0.3, -0.25) is 0 Å². The highest BCUT2D eigenvalue weighted by Crippen LogP contribution is 2.37. The van der Waals surface area contributed by atoms with E-state index >= 15 is 0 Å². The number of rotatable bonds is 3. The van der Waals surface area contributed by atoms with Crippen molar-refractivity contribution in [1.29, 1.82) is 0 Å². The van der Waals surface area contributed by atoms with E-state index in [0.29, 0.717) is 23.2 Å². The summed E-state index contributed by atoms with van der Waals surface area (Å²) in [5.41, 5.74) is 0.869. The molecule has 5 nitrogen and oxygen atoms in total. The maximum atomic E-state index is 11.7. The third-order valence-electron chi connectivity index (χ3n) is 5.36. The summed E-state index contributed by atoms with van der Waals surface area (Å²) in [5.74, 6) is 0.740. The molecule has 3 heterocycles. The summed E-state index contributed by atoms with van der Waals surface area (Å²) < 4.78 is 11.5. The van der Waals surface area contributed by atoms with Crippen LogP contribution >= 0.6 is 0 Å². The molecule has 2 bridgehead atoms. The van der Waals surface area contributed by atoms with Crippen LogP contribution in [0.2, 0.25) is 6.82 Å². The normalized spacial score (nSPS) is 26.7. The molecule has 1 N–H and O–H groups in total. The fourth-order valence-electron chi connectivity index (χ4n) is 4.33. The molecule has 2 aromatic rings. The van der Waals surface area contributed by atoms with E-state index in [1.807, 2.05) is 25.0 Å². The van der Waals surface area contributed by atoms with E-state index in [9.17, 15) is 9.82 Å². The number of fused-ring (bicyclic) bond motifs is 3. The molecule has 4 rings (SSSR count). The minimum Gasteiger partial charge on any atom is -0.490 e. The quantitative estimate of drug-likeness (QED) is 0.693. The molecule has 1 aromatic heterocycles. The highest BCUT2D eigenvalue weighted by Gasteiger charge is 2.44. The zero-order valence-corrected chi connectivity index (χ0v) is 14.1. The molecular formula is C18H22BNO4. The lowest BCUT2D eigenvalue weighted by molar-refractivity contribution is 0.0864. The van der Waals surface area contributed by atoms with Gasteiger partial charge in [-0.2, -0.15) is 0 Å². The zero-order chi connectivity index (χ0) is 16.8. The lowest BCUT2D eigenvalue weighted by Crippen LogP contribution is -2.52. The maximum absolute atomic E-state index is 11.7. The van der Waals surface area contributed by atoms with E-state index in [2.05, 4.69) is 4.81 Å². The third-order valence-corrected chi connectivity index (χ3v) is 5.36. The first kappa shape index (κ1) is 15.7. The Hall–Kier alpha value is -1.79. The fourth-order valence-corrected chi connectivity index (χ4v) is 4.33. The van der Waals surface area contributed by atoms with E-state index in [1.165, 1.54) is 0 Å². The Bertz CT molecular complexity index is 804. The predicted molar refractivity (Wildman–Crippen MR) is 93.4 cm³/mol. The van der Waals surface area contributed by atoms with Crippen molar-refractivity contribution in [3.8, 4) is 5.75 Å². The minimum atomic E-state index is -0.387. The molecule has 0 spiro atoms. The van der Waals surface area contributed by atoms with Crippen LogP contribution < -0.4 is 10.4 Å². The molecule has 2 aliphatic rings. The van der Waals surface area contributed by atoms with Crippen molar-refractivity contribution >= 4 is 18.0 Å². The van der Waals surface area contributed by atoms with Crippen molar-refractivity contribution in [3.63, 3.8) is 0 Å². The van der Waals surface area contributed by atoms with Crippen LogP contribution in [0.25, 0.3) is 11.0 Å². The molecule has 0 saturated carbocycles. The van der Waals surface area contributed by atoms with Gasteiger partial charge in [-0.05, 0) is 57.6 Å². The van der Waals surface area contributed by atoms with E-state index in [0.717, 1.165) is 36.8 Å². The molecule has 0 aliphatic carbocycles. The Morgan fingerprint density at radius 1 is 1.25 bits per heavy atom. The lowest BCUT2D eigenvalue weighted by atomic mass is 9.79. The summed E-state index contributed by atoms with van der Waals surface area (Å²) in [5, 5.41) is 10.8. The molecule has 0 amide bonds. The Morgan fingerprint density at radius 2 is 1.96 bits per heavy atom. The molecule has 2 fully saturated rings. The summed E-state index contributed by atoms with van der Waals surface area (Å²) in [6.45, 7) is 3.60. The van der Waals surface area contributed by atoms with Crippen molar-refractivity contribution in [2.24, 2.45) is 0 Å². The van der Waals surface area contributed by atoms with Crippen molar-refractivity contribution in [3.05, 3.63) is 40.2 Å². The first-order valence-electron chi connectivity index (χ1n) is 8.68. The Balaban J connectivity index is 1.53. The van der Waals surface area contributed by atoms with Gasteiger partial charge in [0.15, 0.2) is 0 Å². The van der Waals surface area contributed by atoms with Crippen LogP contribution in [0.1, 0.15) is 31.2 Å². The van der Waals surface area contributed by atoms with Crippen molar-refractivity contribution in [2.45, 2.75) is 57.6 Å². The van der Waals surface area contributed by atoms with Crippen LogP contribution in [0.5, 0.6) is 5.75 Å². The van der Waals surface area contributed by atoms with E-state index in [-0.39, 0.29) is 18.8 Å². The van der Waals surface area contributed by atoms with Crippen molar-refractivity contribution in [1.82, 2.24) is 4.81 Å². The topological polar surface area (TPSA) is 62.9 Å². The van der Waals surface area contributed by atoms with Gasteiger partial charge in [-0.15, -0.1) is 0 Å². The number of hydrogen-bond donors (Lipinski definition) is 1. The molecule has 0 unspecified atom stereocenters. The monoisotopic (exact) mass is 327 g/mol. The second-order valence-electron chi connectivity index (χ2n) is 7.09. The number of hydrogen-bond acceptors (Lipinski definition) is 5. The second kappa shape index (κ2) is 5.94. The smallest absolute Gasteiger partial charge is 0.376 e. The zero-order valence-electron chi connectivity index (χ0n) is 14.1. The standard InChI is InChI=1S/C18H22BNO4/c1-11-7-12-3-6-15(10-17(12)24-18(11)21)23-16-8-13-4-5-14(9-16)20(13)19(2)22/h3,6-7,10,13-14,16,22H,4-5,8-9H2,1-2H3/t13-,14+,16-. The summed E-state index contributed by atoms with van der Waals surface area (Å²) in [7, 11) is -0.387. The molecule has 0 radical (unpaired) electrons. The number of aryl methyl sites for hydroxylation is 1. The van der Waals surface area contributed by atoms with E-state index < -0.39 is 0 Å². The SMILES string of the molecule is CB(O)N1[C@@H]2CC[C@H]1C[C@H](Oc1ccc3cc(C)c(=O)oc3c1)C2. The van der Waals surface area contributed by atoms with Gasteiger partial charge in [0.05, 0.1) is 0 Å². The Morgan fingerprint density at radius 3 is 2.62 bits per heavy atom. The number of ether oxygens (including phenoxy) is 1. The van der Waals surface area contributed by atoms with E-state index in [1.54, 1.807) is 13.0 Å². The molecule has 6 heteroatoms. The molecular weight excluding hydrogens is 305 g/mol. The molecule has 3 atom stereocenters. The highest BCUT2D eigenvalue weighted by atomic mass is 16.5. The van der Waals surface area contributed by atoms with Gasteiger partial charge in [0.25, 0.3) is 0 Å². The maximum Gasteiger partial charge on any atom is 0.376 e. The van der Waals surface area contributed by atoms with Crippen LogP contribution in [-0.2, 0) is 0 Å². The van der Waals surface area contributed by atoms with Crippen molar-refractivity contribution in [2.75, 3.05) is 0 Å². The van der Waals surface area contributed by atoms with Crippen LogP contribution in [0.3, 0.4) is 0 Å². The van der Waals surface area contributed by atoms with Crippen LogP contribution in [0.4, 0.5) is 0 Å². The van der Waals surface area contributed by atoms with Gasteiger partial charge in [0.2, 0.25) is 0 Å². The van der Waals surface area contributed by atoms with Crippen molar-refractivity contribution < 1.29 is 14.2 Å². The number of benzene rings is 1. The summed E-state index contributed by atoms with van der Waals surface area (Å²) >= 11 is 0. The fraction of sp³-hybridized carbons (Fsp3) is 0.500. The van der Waals surface area contributed by atoms with Gasteiger partial charge >= 0.3 is 12.7 Å². The summed E-state index contributed by atoms with van der Waals surface area (Å²) in [6.07, 6.45) is 4.25. The van der Waals surface area contributed by atoms with Gasteiger partial charge in [-0.1, -0.05) is 0 Å². The first-order valence-corrected chi connectivity index (χ1v) is 8.68. The third kappa shape index (κ3) is 2.74. The van der Waals surface area contributed by atoms with Crippen LogP contribution in [0, 0.1) is 6.92 Å². The molecule has 2 saturated heterocycles. The first-order chi connectivity index (χ1) is 11.5. The highest BCUT2D eigenvalue weighted by molar-refractivity contribution is 6.45. The summed E-state index contributed by atoms with van der Waals surface area (Å²) in [6, 6.07) is 8.31. The number of piperidine rings is 1. The average Bonchev–Trinajstić information content (AvgIpc) is 2.81. The molecule has 126 valence electrons. The predicted octanol–water partition coefficient (Wildman–Crippen LogP) is 2.59.